The molecular weight excluding hydrogens is 302 g/mol. The van der Waals surface area contributed by atoms with E-state index < -0.39 is 0 Å². The molecule has 5 heteroatoms. The van der Waals surface area contributed by atoms with Gasteiger partial charge in [0.1, 0.15) is 0 Å². The predicted octanol–water partition coefficient (Wildman–Crippen LogP) is 2.64. The van der Waals surface area contributed by atoms with Crippen molar-refractivity contribution in [2.75, 3.05) is 25.0 Å². The minimum absolute atomic E-state index is 0.0103. The van der Waals surface area contributed by atoms with Gasteiger partial charge in [-0.05, 0) is 35.2 Å². The zero-order valence-corrected chi connectivity index (χ0v) is 14.3. The van der Waals surface area contributed by atoms with Crippen LogP contribution in [0, 0.1) is 0 Å². The number of aromatic nitrogens is 1. The van der Waals surface area contributed by atoms with E-state index in [1.807, 2.05) is 35.2 Å². The first-order valence-corrected chi connectivity index (χ1v) is 8.20. The largest absolute Gasteiger partial charge is 0.395 e. The monoisotopic (exact) mass is 327 g/mol. The van der Waals surface area contributed by atoms with Gasteiger partial charge in [0.2, 0.25) is 5.91 Å². The number of carbonyl (C=O) groups excluding carboxylic acids is 1. The molecule has 2 N–H and O–H groups in total. The number of nitrogens with zero attached hydrogens (tertiary/aromatic N) is 2. The van der Waals surface area contributed by atoms with Gasteiger partial charge >= 0.3 is 0 Å². The molecule has 24 heavy (non-hydrogen) atoms. The second-order valence-corrected chi connectivity index (χ2v) is 6.12. The first kappa shape index (κ1) is 18.1. The van der Waals surface area contributed by atoms with Gasteiger partial charge < -0.3 is 10.4 Å². The molecule has 0 radical (unpaired) electrons. The maximum absolute atomic E-state index is 12.3. The van der Waals surface area contributed by atoms with Crippen LogP contribution in [0.5, 0.6) is 0 Å². The highest BCUT2D eigenvalue weighted by Crippen LogP contribution is 2.18. The predicted molar refractivity (Wildman–Crippen MR) is 95.8 cm³/mol. The fraction of sp³-hybridized carbons (Fsp3) is 0.368. The lowest BCUT2D eigenvalue weighted by atomic mass is 10.0. The van der Waals surface area contributed by atoms with Crippen molar-refractivity contribution < 1.29 is 9.90 Å². The molecule has 0 unspecified atom stereocenters. The minimum atomic E-state index is -0.0896. The maximum Gasteiger partial charge on any atom is 0.238 e. The lowest BCUT2D eigenvalue weighted by molar-refractivity contribution is -0.117. The van der Waals surface area contributed by atoms with Gasteiger partial charge in [0.15, 0.2) is 0 Å². The molecule has 0 aliphatic rings. The number of anilines is 1. The van der Waals surface area contributed by atoms with Crippen molar-refractivity contribution >= 4 is 11.6 Å². The van der Waals surface area contributed by atoms with E-state index in [-0.39, 0.29) is 19.1 Å². The Kier molecular flexibility index (Phi) is 6.90. The van der Waals surface area contributed by atoms with Crippen LogP contribution in [0.3, 0.4) is 0 Å². The molecule has 0 aliphatic heterocycles. The summed E-state index contributed by atoms with van der Waals surface area (Å²) < 4.78 is 0. The molecule has 1 aromatic carbocycles. The molecule has 2 rings (SSSR count). The number of benzene rings is 1. The SMILES string of the molecule is CC(C)c1cccc(NC(=O)CN(CCO)Cc2cccnc2)c1. The van der Waals surface area contributed by atoms with E-state index in [0.29, 0.717) is 19.0 Å². The molecule has 0 atom stereocenters. The third-order valence-corrected chi connectivity index (χ3v) is 3.75. The normalized spacial score (nSPS) is 11.0. The van der Waals surface area contributed by atoms with Crippen molar-refractivity contribution in [3.63, 3.8) is 0 Å². The summed E-state index contributed by atoms with van der Waals surface area (Å²) in [5.74, 6) is 0.326. The van der Waals surface area contributed by atoms with Crippen LogP contribution in [-0.2, 0) is 11.3 Å². The van der Waals surface area contributed by atoms with E-state index in [0.717, 1.165) is 11.3 Å². The highest BCUT2D eigenvalue weighted by molar-refractivity contribution is 5.92. The van der Waals surface area contributed by atoms with Crippen LogP contribution in [-0.4, -0.2) is 40.6 Å². The third kappa shape index (κ3) is 5.76. The van der Waals surface area contributed by atoms with Crippen molar-refractivity contribution in [2.45, 2.75) is 26.3 Å². The van der Waals surface area contributed by atoms with Crippen molar-refractivity contribution in [3.05, 3.63) is 59.9 Å². The van der Waals surface area contributed by atoms with Crippen LogP contribution < -0.4 is 5.32 Å². The van der Waals surface area contributed by atoms with E-state index in [1.165, 1.54) is 5.56 Å². The molecule has 0 saturated carbocycles. The van der Waals surface area contributed by atoms with E-state index in [4.69, 9.17) is 0 Å². The number of hydrogen-bond donors (Lipinski definition) is 2. The Labute approximate surface area is 143 Å². The first-order chi connectivity index (χ1) is 11.6. The van der Waals surface area contributed by atoms with Crippen molar-refractivity contribution in [2.24, 2.45) is 0 Å². The molecule has 5 nitrogen and oxygen atoms in total. The Morgan fingerprint density at radius 1 is 1.29 bits per heavy atom. The van der Waals surface area contributed by atoms with E-state index in [9.17, 15) is 9.90 Å². The van der Waals surface area contributed by atoms with Gasteiger partial charge in [0, 0.05) is 31.2 Å². The maximum atomic E-state index is 12.3. The van der Waals surface area contributed by atoms with Crippen LogP contribution in [0.25, 0.3) is 0 Å². The zero-order chi connectivity index (χ0) is 17.4. The van der Waals surface area contributed by atoms with Crippen LogP contribution in [0.2, 0.25) is 0 Å². The number of carbonyl (C=O) groups is 1. The number of rotatable bonds is 8. The fourth-order valence-corrected chi connectivity index (χ4v) is 2.48. The zero-order valence-electron chi connectivity index (χ0n) is 14.3. The van der Waals surface area contributed by atoms with Gasteiger partial charge in [-0.25, -0.2) is 0 Å². The Balaban J connectivity index is 1.96. The molecule has 0 bridgehead atoms. The Morgan fingerprint density at radius 2 is 2.12 bits per heavy atom. The van der Waals surface area contributed by atoms with E-state index in [2.05, 4.69) is 30.2 Å². The van der Waals surface area contributed by atoms with Crippen LogP contribution in [0.4, 0.5) is 5.69 Å². The summed E-state index contributed by atoms with van der Waals surface area (Å²) in [4.78, 5) is 18.3. The number of hydrogen-bond acceptors (Lipinski definition) is 4. The Hall–Kier alpha value is -2.24. The molecule has 1 aromatic heterocycles. The average molecular weight is 327 g/mol. The van der Waals surface area contributed by atoms with Crippen LogP contribution in [0.1, 0.15) is 30.9 Å². The second kappa shape index (κ2) is 9.15. The molecule has 1 heterocycles. The summed E-state index contributed by atoms with van der Waals surface area (Å²) in [5.41, 5.74) is 3.01. The number of pyridine rings is 1. The summed E-state index contributed by atoms with van der Waals surface area (Å²) in [7, 11) is 0. The van der Waals surface area contributed by atoms with Gasteiger partial charge in [-0.1, -0.05) is 32.0 Å². The highest BCUT2D eigenvalue weighted by atomic mass is 16.3. The quantitative estimate of drug-likeness (QED) is 0.782. The van der Waals surface area contributed by atoms with Gasteiger partial charge in [-0.3, -0.25) is 14.7 Å². The summed E-state index contributed by atoms with van der Waals surface area (Å²) in [6.45, 7) is 5.50. The van der Waals surface area contributed by atoms with Gasteiger partial charge in [-0.2, -0.15) is 0 Å². The van der Waals surface area contributed by atoms with Gasteiger partial charge in [-0.15, -0.1) is 0 Å². The molecule has 0 aliphatic carbocycles. The lowest BCUT2D eigenvalue weighted by Crippen LogP contribution is -2.34. The van der Waals surface area contributed by atoms with Crippen molar-refractivity contribution in [1.29, 1.82) is 0 Å². The highest BCUT2D eigenvalue weighted by Gasteiger charge is 2.12. The minimum Gasteiger partial charge on any atom is -0.395 e. The number of aliphatic hydroxyl groups excluding tert-OH is 1. The van der Waals surface area contributed by atoms with Gasteiger partial charge in [0.25, 0.3) is 0 Å². The molecule has 1 amide bonds. The third-order valence-electron chi connectivity index (χ3n) is 3.75. The standard InChI is InChI=1S/C19H25N3O2/c1-15(2)17-6-3-7-18(11-17)21-19(24)14-22(9-10-23)13-16-5-4-8-20-12-16/h3-8,11-12,15,23H,9-10,13-14H2,1-2H3,(H,21,24). The number of nitrogens with one attached hydrogen (secondary N) is 1. The summed E-state index contributed by atoms with van der Waals surface area (Å²) in [5, 5.41) is 12.2. The van der Waals surface area contributed by atoms with Gasteiger partial charge in [0.05, 0.1) is 13.2 Å². The molecule has 0 saturated heterocycles. The molecule has 0 spiro atoms. The summed E-state index contributed by atoms with van der Waals surface area (Å²) in [6, 6.07) is 11.7. The lowest BCUT2D eigenvalue weighted by Gasteiger charge is -2.20. The van der Waals surface area contributed by atoms with E-state index >= 15 is 0 Å². The smallest absolute Gasteiger partial charge is 0.238 e. The number of amides is 1. The van der Waals surface area contributed by atoms with Crippen LogP contribution in [0.15, 0.2) is 48.8 Å². The molecule has 0 fully saturated rings. The number of aliphatic hydroxyl groups is 1. The average Bonchev–Trinajstić information content (AvgIpc) is 2.56. The summed E-state index contributed by atoms with van der Waals surface area (Å²) in [6.07, 6.45) is 3.49. The van der Waals surface area contributed by atoms with Crippen LogP contribution >= 0.6 is 0 Å². The van der Waals surface area contributed by atoms with Crippen molar-refractivity contribution in [1.82, 2.24) is 9.88 Å². The first-order valence-electron chi connectivity index (χ1n) is 8.20. The Bertz CT molecular complexity index is 644. The fourth-order valence-electron chi connectivity index (χ4n) is 2.48. The van der Waals surface area contributed by atoms with E-state index in [1.54, 1.807) is 12.4 Å². The summed E-state index contributed by atoms with van der Waals surface area (Å²) >= 11 is 0. The Morgan fingerprint density at radius 3 is 2.79 bits per heavy atom. The topological polar surface area (TPSA) is 65.5 Å². The second-order valence-electron chi connectivity index (χ2n) is 6.12. The molecule has 2 aromatic rings. The molecule has 128 valence electrons. The molecular formula is C19H25N3O2. The van der Waals surface area contributed by atoms with Crippen molar-refractivity contribution in [3.8, 4) is 0 Å².